The molecule has 35 heavy (non-hydrogen) atoms. The van der Waals surface area contributed by atoms with E-state index in [4.69, 9.17) is 13.8 Å². The van der Waals surface area contributed by atoms with Crippen LogP contribution < -0.4 is 14.8 Å². The first-order valence-electron chi connectivity index (χ1n) is 11.9. The minimum absolute atomic E-state index is 0.0593. The van der Waals surface area contributed by atoms with E-state index in [1.165, 1.54) is 6.07 Å². The van der Waals surface area contributed by atoms with Crippen LogP contribution in [0, 0.1) is 5.82 Å². The number of pyridine rings is 1. The van der Waals surface area contributed by atoms with Crippen LogP contribution >= 0.6 is 15.9 Å². The lowest BCUT2D eigenvalue weighted by Gasteiger charge is -2.37. The Morgan fingerprint density at radius 1 is 1.26 bits per heavy atom. The third-order valence-corrected chi connectivity index (χ3v) is 9.44. The van der Waals surface area contributed by atoms with Crippen LogP contribution in [0.4, 0.5) is 4.39 Å². The van der Waals surface area contributed by atoms with Crippen molar-refractivity contribution in [1.82, 2.24) is 14.6 Å². The Kier molecular flexibility index (Phi) is 9.53. The number of methoxy groups -OCH3 is 2. The van der Waals surface area contributed by atoms with E-state index in [9.17, 15) is 4.21 Å². The van der Waals surface area contributed by atoms with Crippen LogP contribution in [0.3, 0.4) is 0 Å². The number of hydrogen-bond donors (Lipinski definition) is 1. The minimum atomic E-state index is -2.91. The first-order chi connectivity index (χ1) is 16.6. The van der Waals surface area contributed by atoms with E-state index in [-0.39, 0.29) is 17.5 Å². The lowest BCUT2D eigenvalue weighted by Crippen LogP contribution is -2.52. The van der Waals surface area contributed by atoms with Gasteiger partial charge >= 0.3 is 0 Å². The second-order valence-electron chi connectivity index (χ2n) is 9.10. The summed E-state index contributed by atoms with van der Waals surface area (Å²) in [6.07, 6.45) is 2.56. The summed E-state index contributed by atoms with van der Waals surface area (Å²) in [5.74, 6) is 1.01. The van der Waals surface area contributed by atoms with Gasteiger partial charge in [0, 0.05) is 37.3 Å². The number of benzene rings is 1. The Labute approximate surface area is 217 Å². The van der Waals surface area contributed by atoms with Gasteiger partial charge in [0.25, 0.3) is 0 Å². The van der Waals surface area contributed by atoms with Crippen molar-refractivity contribution in [1.29, 1.82) is 0 Å². The molecule has 1 aliphatic heterocycles. The van der Waals surface area contributed by atoms with Gasteiger partial charge in [-0.05, 0) is 67.2 Å². The van der Waals surface area contributed by atoms with Crippen molar-refractivity contribution in [2.45, 2.75) is 58.2 Å². The number of hydrogen-bond acceptors (Lipinski definition) is 6. The van der Waals surface area contributed by atoms with Crippen LogP contribution in [0.5, 0.6) is 11.5 Å². The van der Waals surface area contributed by atoms with Crippen LogP contribution in [0.1, 0.15) is 51.3 Å². The van der Waals surface area contributed by atoms with Gasteiger partial charge in [-0.25, -0.2) is 22.3 Å². The maximum atomic E-state index is 15.1. The number of ether oxygens (including phenoxy) is 2. The molecule has 0 saturated heterocycles. The molecule has 1 aliphatic rings. The summed E-state index contributed by atoms with van der Waals surface area (Å²) < 4.78 is 47.8. The Morgan fingerprint density at radius 2 is 2.03 bits per heavy atom. The summed E-state index contributed by atoms with van der Waals surface area (Å²) in [5.41, 5.74) is 0.119. The third kappa shape index (κ3) is 6.72. The number of aromatic nitrogens is 1. The summed E-state index contributed by atoms with van der Waals surface area (Å²) in [7, 11) is 0.306. The normalized spacial score (nSPS) is 21.5. The molecular weight excluding hydrogens is 535 g/mol. The van der Waals surface area contributed by atoms with Crippen molar-refractivity contribution in [2.75, 3.05) is 33.1 Å². The summed E-state index contributed by atoms with van der Waals surface area (Å²) in [5, 5.41) is 3.51. The average Bonchev–Trinajstić information content (AvgIpc) is 3.01. The molecule has 1 aromatic carbocycles. The topological polar surface area (TPSA) is 76.1 Å². The van der Waals surface area contributed by atoms with E-state index >= 15 is 4.39 Å². The lowest BCUT2D eigenvalue weighted by atomic mass is 9.97. The fraction of sp³-hybridized carbons (Fsp3) is 0.560. The van der Waals surface area contributed by atoms with Crippen LogP contribution in [0.2, 0.25) is 0 Å². The highest BCUT2D eigenvalue weighted by atomic mass is 79.9. The van der Waals surface area contributed by atoms with E-state index in [1.54, 1.807) is 20.3 Å². The SMILES string of the molecule is CCC(C)N[C@@](C)(CS1(=O)=NCCCCN1Cc1ccc(OC)cc1OC)c1nc(Br)ccc1F. The molecule has 0 radical (unpaired) electrons. The fourth-order valence-corrected chi connectivity index (χ4v) is 7.21. The lowest BCUT2D eigenvalue weighted by molar-refractivity contribution is 0.322. The van der Waals surface area contributed by atoms with E-state index in [2.05, 4.69) is 33.2 Å². The van der Waals surface area contributed by atoms with Crippen molar-refractivity contribution in [3.63, 3.8) is 0 Å². The van der Waals surface area contributed by atoms with Crippen LogP contribution in [-0.2, 0) is 22.0 Å². The minimum Gasteiger partial charge on any atom is -0.497 e. The van der Waals surface area contributed by atoms with Crippen LogP contribution in [0.25, 0.3) is 0 Å². The van der Waals surface area contributed by atoms with Gasteiger partial charge in [-0.2, -0.15) is 0 Å². The molecule has 2 unspecified atom stereocenters. The monoisotopic (exact) mass is 570 g/mol. The number of nitrogens with zero attached hydrogens (tertiary/aromatic N) is 3. The van der Waals surface area contributed by atoms with Gasteiger partial charge in [-0.1, -0.05) is 13.0 Å². The molecule has 194 valence electrons. The second kappa shape index (κ2) is 12.0. The summed E-state index contributed by atoms with van der Waals surface area (Å²) >= 11 is 3.37. The number of halogens is 2. The largest absolute Gasteiger partial charge is 0.497 e. The number of nitrogens with one attached hydrogen (secondary N) is 1. The number of rotatable bonds is 10. The molecule has 0 fully saturated rings. The molecule has 0 amide bonds. The third-order valence-electron chi connectivity index (χ3n) is 6.34. The zero-order chi connectivity index (χ0) is 25.6. The van der Waals surface area contributed by atoms with E-state index in [0.717, 1.165) is 24.8 Å². The molecular formula is C25H36BrFN4O3S. The summed E-state index contributed by atoms with van der Waals surface area (Å²) in [6.45, 7) is 7.47. The van der Waals surface area contributed by atoms with Crippen molar-refractivity contribution in [2.24, 2.45) is 4.36 Å². The summed E-state index contributed by atoms with van der Waals surface area (Å²) in [6, 6.07) is 8.63. The zero-order valence-corrected chi connectivity index (χ0v) is 23.5. The Hall–Kier alpha value is -1.75. The standard InChI is InChI=1S/C25H36BrFN4O3S/c1-6-18(2)30-25(3,24-21(27)11-12-23(26)29-24)17-35(32)28-13-7-8-14-31(35)16-19-9-10-20(33-4)15-22(19)34-5/h9-12,15,18,30H,6-8,13-14,16-17H2,1-5H3/t18?,25-,35?/m0/s1. The zero-order valence-electron chi connectivity index (χ0n) is 21.1. The van der Waals surface area contributed by atoms with Crippen LogP contribution in [-0.4, -0.2) is 52.6 Å². The molecule has 1 aromatic heterocycles. The van der Waals surface area contributed by atoms with Crippen molar-refractivity contribution in [3.05, 3.63) is 52.0 Å². The summed E-state index contributed by atoms with van der Waals surface area (Å²) in [4.78, 5) is 4.47. The molecule has 0 bridgehead atoms. The second-order valence-corrected chi connectivity index (χ2v) is 12.2. The van der Waals surface area contributed by atoms with Crippen molar-refractivity contribution < 1.29 is 18.1 Å². The fourth-order valence-electron chi connectivity index (χ4n) is 4.33. The predicted molar refractivity (Wildman–Crippen MR) is 142 cm³/mol. The quantitative estimate of drug-likeness (QED) is 0.393. The molecule has 0 spiro atoms. The average molecular weight is 572 g/mol. The Balaban J connectivity index is 2.04. The van der Waals surface area contributed by atoms with Gasteiger partial charge in [0.1, 0.15) is 31.8 Å². The maximum Gasteiger partial charge on any atom is 0.146 e. The molecule has 3 atom stereocenters. The van der Waals surface area contributed by atoms with Gasteiger partial charge in [0.15, 0.2) is 0 Å². The molecule has 1 N–H and O–H groups in total. The maximum absolute atomic E-state index is 15.1. The molecule has 0 saturated carbocycles. The molecule has 2 heterocycles. The van der Waals surface area contributed by atoms with E-state index in [1.807, 2.05) is 36.4 Å². The first kappa shape index (κ1) is 27.8. The van der Waals surface area contributed by atoms with Gasteiger partial charge in [-0.15, -0.1) is 0 Å². The molecule has 0 aliphatic carbocycles. The van der Waals surface area contributed by atoms with Gasteiger partial charge in [-0.3, -0.25) is 0 Å². The predicted octanol–water partition coefficient (Wildman–Crippen LogP) is 5.28. The molecule has 7 nitrogen and oxygen atoms in total. The van der Waals surface area contributed by atoms with Gasteiger partial charge in [0.2, 0.25) is 0 Å². The molecule has 10 heteroatoms. The van der Waals surface area contributed by atoms with Crippen molar-refractivity contribution in [3.8, 4) is 11.5 Å². The van der Waals surface area contributed by atoms with Gasteiger partial charge in [0.05, 0.1) is 31.2 Å². The Morgan fingerprint density at radius 3 is 2.71 bits per heavy atom. The highest BCUT2D eigenvalue weighted by Crippen LogP contribution is 2.32. The molecule has 2 aromatic rings. The Bertz CT molecular complexity index is 1140. The highest BCUT2D eigenvalue weighted by Gasteiger charge is 2.39. The smallest absolute Gasteiger partial charge is 0.146 e. The highest BCUT2D eigenvalue weighted by molar-refractivity contribution is 9.10. The van der Waals surface area contributed by atoms with Crippen LogP contribution in [0.15, 0.2) is 39.3 Å². The first-order valence-corrected chi connectivity index (χ1v) is 14.3. The van der Waals surface area contributed by atoms with Crippen molar-refractivity contribution >= 4 is 25.8 Å². The van der Waals surface area contributed by atoms with Gasteiger partial charge < -0.3 is 14.8 Å². The molecule has 3 rings (SSSR count). The van der Waals surface area contributed by atoms with E-state index < -0.39 is 21.3 Å². The van der Waals surface area contributed by atoms with E-state index in [0.29, 0.717) is 35.7 Å².